The van der Waals surface area contributed by atoms with Gasteiger partial charge in [0.2, 0.25) is 0 Å². The summed E-state index contributed by atoms with van der Waals surface area (Å²) in [6, 6.07) is 0. The monoisotopic (exact) mass is 338 g/mol. The highest BCUT2D eigenvalue weighted by Crippen LogP contribution is 2.35. The van der Waals surface area contributed by atoms with Gasteiger partial charge in [0.1, 0.15) is 11.8 Å². The van der Waals surface area contributed by atoms with Gasteiger partial charge < -0.3 is 10.2 Å². The zero-order valence-electron chi connectivity index (χ0n) is 11.6. The molecule has 0 amide bonds. The fourth-order valence-electron chi connectivity index (χ4n) is 2.81. The second-order valence-electron chi connectivity index (χ2n) is 5.18. The number of fused-ring (bicyclic) bond motifs is 2. The molecule has 6 nitrogen and oxygen atoms in total. The van der Waals surface area contributed by atoms with E-state index in [0.717, 1.165) is 46.8 Å². The first-order valence-electron chi connectivity index (χ1n) is 6.88. The summed E-state index contributed by atoms with van der Waals surface area (Å²) in [4.78, 5) is 31.6. The highest BCUT2D eigenvalue weighted by atomic mass is 32.1. The third-order valence-corrected chi connectivity index (χ3v) is 5.74. The van der Waals surface area contributed by atoms with Crippen molar-refractivity contribution in [3.8, 4) is 0 Å². The van der Waals surface area contributed by atoms with Crippen molar-refractivity contribution < 1.29 is 19.8 Å². The van der Waals surface area contributed by atoms with E-state index in [0.29, 0.717) is 0 Å². The van der Waals surface area contributed by atoms with Crippen LogP contribution in [0.3, 0.4) is 0 Å². The molecule has 2 heterocycles. The predicted octanol–water partition coefficient (Wildman–Crippen LogP) is 2.52. The van der Waals surface area contributed by atoms with Gasteiger partial charge in [0, 0.05) is 9.75 Å². The van der Waals surface area contributed by atoms with E-state index in [1.807, 2.05) is 0 Å². The Balaban J connectivity index is 0.000000131. The summed E-state index contributed by atoms with van der Waals surface area (Å²) in [5.74, 6) is -2.16. The van der Waals surface area contributed by atoms with Gasteiger partial charge >= 0.3 is 11.9 Å². The lowest BCUT2D eigenvalue weighted by molar-refractivity contribution is -0.139. The molecule has 4 rings (SSSR count). The number of aryl methyl sites for hydroxylation is 2. The molecule has 0 saturated carbocycles. The van der Waals surface area contributed by atoms with Crippen LogP contribution in [-0.2, 0) is 22.4 Å². The smallest absolute Gasteiger partial charge is 0.312 e. The Bertz CT molecular complexity index is 649. The number of nitrogens with zero attached hydrogens (tertiary/aromatic N) is 2. The highest BCUT2D eigenvalue weighted by molar-refractivity contribution is 7.10. The van der Waals surface area contributed by atoms with E-state index in [1.54, 1.807) is 33.7 Å². The summed E-state index contributed by atoms with van der Waals surface area (Å²) in [5.41, 5.74) is 5.03. The number of aliphatic carboxylic acids is 2. The van der Waals surface area contributed by atoms with E-state index in [2.05, 4.69) is 9.97 Å². The van der Waals surface area contributed by atoms with Crippen molar-refractivity contribution in [1.82, 2.24) is 9.97 Å². The van der Waals surface area contributed by atoms with E-state index in [1.165, 1.54) is 0 Å². The predicted molar refractivity (Wildman–Crippen MR) is 81.6 cm³/mol. The van der Waals surface area contributed by atoms with Gasteiger partial charge in [-0.3, -0.25) is 9.59 Å². The molecular weight excluding hydrogens is 324 g/mol. The van der Waals surface area contributed by atoms with Crippen molar-refractivity contribution in [3.63, 3.8) is 0 Å². The SMILES string of the molecule is O=C(O)C1CCc2scnc21.O=C(O)[C@@H]1CCc2scnc21. The van der Waals surface area contributed by atoms with Gasteiger partial charge in [-0.1, -0.05) is 0 Å². The summed E-state index contributed by atoms with van der Waals surface area (Å²) in [6.45, 7) is 0. The zero-order valence-corrected chi connectivity index (χ0v) is 13.2. The van der Waals surface area contributed by atoms with Crippen molar-refractivity contribution in [2.75, 3.05) is 0 Å². The van der Waals surface area contributed by atoms with Crippen LogP contribution in [0.15, 0.2) is 11.0 Å². The van der Waals surface area contributed by atoms with E-state index >= 15 is 0 Å². The Morgan fingerprint density at radius 2 is 1.32 bits per heavy atom. The van der Waals surface area contributed by atoms with Gasteiger partial charge in [-0.05, 0) is 25.7 Å². The lowest BCUT2D eigenvalue weighted by atomic mass is 10.1. The largest absolute Gasteiger partial charge is 0.481 e. The second-order valence-corrected chi connectivity index (χ2v) is 7.06. The number of hydrogen-bond donors (Lipinski definition) is 2. The minimum absolute atomic E-state index is 0.337. The van der Waals surface area contributed by atoms with Crippen LogP contribution < -0.4 is 0 Å². The highest BCUT2D eigenvalue weighted by Gasteiger charge is 2.31. The Kier molecular flexibility index (Phi) is 4.21. The molecule has 0 aliphatic heterocycles. The number of carboxylic acid groups (broad SMARTS) is 2. The summed E-state index contributed by atoms with van der Waals surface area (Å²) in [7, 11) is 0. The van der Waals surface area contributed by atoms with Crippen LogP contribution in [0.1, 0.15) is 45.8 Å². The topological polar surface area (TPSA) is 100 Å². The third kappa shape index (κ3) is 2.76. The second kappa shape index (κ2) is 6.13. The molecule has 8 heteroatoms. The molecule has 2 N–H and O–H groups in total. The van der Waals surface area contributed by atoms with Crippen molar-refractivity contribution in [1.29, 1.82) is 0 Å². The molecule has 0 aromatic carbocycles. The number of thiazole rings is 2. The number of aromatic nitrogens is 2. The lowest BCUT2D eigenvalue weighted by Crippen LogP contribution is -2.08. The minimum Gasteiger partial charge on any atom is -0.481 e. The van der Waals surface area contributed by atoms with Crippen LogP contribution in [0.4, 0.5) is 0 Å². The van der Waals surface area contributed by atoms with Crippen molar-refractivity contribution >= 4 is 34.6 Å². The third-order valence-electron chi connectivity index (χ3n) is 3.92. The molecule has 2 aromatic heterocycles. The van der Waals surface area contributed by atoms with E-state index in [9.17, 15) is 9.59 Å². The van der Waals surface area contributed by atoms with Crippen LogP contribution in [0, 0.1) is 0 Å². The number of hydrogen-bond acceptors (Lipinski definition) is 6. The fourth-order valence-corrected chi connectivity index (χ4v) is 4.50. The first kappa shape index (κ1) is 15.1. The average Bonchev–Trinajstić information content (AvgIpc) is 3.19. The summed E-state index contributed by atoms with van der Waals surface area (Å²) in [6.07, 6.45) is 3.22. The molecule has 116 valence electrons. The quantitative estimate of drug-likeness (QED) is 0.872. The first-order valence-corrected chi connectivity index (χ1v) is 8.64. The van der Waals surface area contributed by atoms with Crippen LogP contribution in [0.2, 0.25) is 0 Å². The van der Waals surface area contributed by atoms with Gasteiger partial charge in [-0.25, -0.2) is 9.97 Å². The minimum atomic E-state index is -0.741. The summed E-state index contributed by atoms with van der Waals surface area (Å²) < 4.78 is 0. The van der Waals surface area contributed by atoms with Crippen molar-refractivity contribution in [2.24, 2.45) is 0 Å². The molecule has 0 bridgehead atoms. The Morgan fingerprint density at radius 3 is 1.68 bits per heavy atom. The zero-order chi connectivity index (χ0) is 15.7. The Morgan fingerprint density at radius 1 is 0.909 bits per heavy atom. The molecule has 2 aliphatic rings. The Hall–Kier alpha value is -1.80. The maximum atomic E-state index is 10.6. The molecule has 2 aliphatic carbocycles. The molecule has 0 spiro atoms. The summed E-state index contributed by atoms with van der Waals surface area (Å²) >= 11 is 3.12. The van der Waals surface area contributed by atoms with Gasteiger partial charge in [0.05, 0.1) is 22.4 Å². The van der Waals surface area contributed by atoms with E-state index < -0.39 is 11.9 Å². The molecular formula is C14H14N2O4S2. The van der Waals surface area contributed by atoms with E-state index in [4.69, 9.17) is 10.2 Å². The normalized spacial score (nSPS) is 21.6. The van der Waals surface area contributed by atoms with E-state index in [-0.39, 0.29) is 11.8 Å². The van der Waals surface area contributed by atoms with Crippen molar-refractivity contribution in [3.05, 3.63) is 32.2 Å². The first-order chi connectivity index (χ1) is 10.6. The van der Waals surface area contributed by atoms with Gasteiger partial charge in [-0.15, -0.1) is 22.7 Å². The molecule has 22 heavy (non-hydrogen) atoms. The maximum absolute atomic E-state index is 10.6. The van der Waals surface area contributed by atoms with Gasteiger partial charge in [0.25, 0.3) is 0 Å². The van der Waals surface area contributed by atoms with Gasteiger partial charge in [0.15, 0.2) is 0 Å². The van der Waals surface area contributed by atoms with Crippen LogP contribution in [0.25, 0.3) is 0 Å². The number of rotatable bonds is 2. The summed E-state index contributed by atoms with van der Waals surface area (Å²) in [5, 5.41) is 17.5. The number of carbonyl (C=O) groups is 2. The average molecular weight is 338 g/mol. The number of carboxylic acids is 2. The van der Waals surface area contributed by atoms with Crippen LogP contribution in [-0.4, -0.2) is 32.1 Å². The molecule has 0 saturated heterocycles. The maximum Gasteiger partial charge on any atom is 0.312 e. The van der Waals surface area contributed by atoms with Crippen LogP contribution >= 0.6 is 22.7 Å². The lowest BCUT2D eigenvalue weighted by Gasteiger charge is -1.99. The Labute approximate surface area is 134 Å². The van der Waals surface area contributed by atoms with Crippen molar-refractivity contribution in [2.45, 2.75) is 37.5 Å². The molecule has 2 aromatic rings. The molecule has 1 unspecified atom stereocenters. The molecule has 0 radical (unpaired) electrons. The molecule has 0 fully saturated rings. The van der Waals surface area contributed by atoms with Crippen LogP contribution in [0.5, 0.6) is 0 Å². The molecule has 2 atom stereocenters. The fraction of sp³-hybridized carbons (Fsp3) is 0.429. The van der Waals surface area contributed by atoms with Gasteiger partial charge in [-0.2, -0.15) is 0 Å². The standard InChI is InChI=1S/2C7H7NO2S/c2*9-7(10)4-1-2-5-6(4)8-3-11-5/h2*3-4H,1-2H2,(H,9,10)/t4-;/m1./s1.